The van der Waals surface area contributed by atoms with Crippen LogP contribution in [0.25, 0.3) is 0 Å². The van der Waals surface area contributed by atoms with Gasteiger partial charge < -0.3 is 5.73 Å². The van der Waals surface area contributed by atoms with Gasteiger partial charge in [0.1, 0.15) is 0 Å². The van der Waals surface area contributed by atoms with Crippen LogP contribution in [0.4, 0.5) is 5.69 Å². The summed E-state index contributed by atoms with van der Waals surface area (Å²) in [5.41, 5.74) is 8.63. The molecule has 0 aliphatic carbocycles. The molecule has 2 aromatic carbocycles. The molecule has 0 aliphatic rings. The number of nitrogen functional groups attached to an aromatic ring is 1. The first kappa shape index (κ1) is 15.8. The van der Waals surface area contributed by atoms with Crippen LogP contribution in [0.3, 0.4) is 0 Å². The van der Waals surface area contributed by atoms with Crippen LogP contribution in [0.2, 0.25) is 5.02 Å². The second kappa shape index (κ2) is 6.05. The fourth-order valence-corrected chi connectivity index (χ4v) is 3.13. The van der Waals surface area contributed by atoms with Crippen molar-refractivity contribution in [2.75, 3.05) is 5.73 Å². The van der Waals surface area contributed by atoms with Crippen molar-refractivity contribution in [1.29, 1.82) is 0 Å². The summed E-state index contributed by atoms with van der Waals surface area (Å²) in [6.07, 6.45) is 0. The molecule has 0 radical (unpaired) electrons. The largest absolute Gasteiger partial charge is 0.397 e. The van der Waals surface area contributed by atoms with E-state index in [1.54, 1.807) is 6.92 Å². The minimum atomic E-state index is -3.62. The van der Waals surface area contributed by atoms with Gasteiger partial charge in [0.05, 0.1) is 15.6 Å². The number of nitrogens with two attached hydrogens (primary N) is 1. The molecule has 0 atom stereocenters. The highest BCUT2D eigenvalue weighted by atomic mass is 35.5. The first-order chi connectivity index (χ1) is 9.79. The third-order valence-electron chi connectivity index (χ3n) is 3.15. The number of nitrogens with one attached hydrogen (secondary N) is 1. The molecule has 0 fully saturated rings. The van der Waals surface area contributed by atoms with Crippen LogP contribution in [0.15, 0.2) is 41.3 Å². The maximum absolute atomic E-state index is 12.3. The molecule has 2 rings (SSSR count). The number of halogens is 1. The fourth-order valence-electron chi connectivity index (χ4n) is 1.89. The summed E-state index contributed by atoms with van der Waals surface area (Å²) in [4.78, 5) is 0.119. The average molecular weight is 325 g/mol. The van der Waals surface area contributed by atoms with E-state index in [0.29, 0.717) is 10.6 Å². The molecule has 2 aromatic rings. The Hall–Kier alpha value is -1.56. The normalized spacial score (nSPS) is 11.6. The summed E-state index contributed by atoms with van der Waals surface area (Å²) in [6.45, 7) is 3.93. The van der Waals surface area contributed by atoms with Gasteiger partial charge in [-0.2, -0.15) is 0 Å². The predicted octanol–water partition coefficient (Wildman–Crippen LogP) is 3.02. The van der Waals surface area contributed by atoms with E-state index in [1.807, 2.05) is 31.2 Å². The van der Waals surface area contributed by atoms with Gasteiger partial charge in [0, 0.05) is 6.54 Å². The molecule has 0 aromatic heterocycles. The lowest BCUT2D eigenvalue weighted by atomic mass is 10.2. The maximum atomic E-state index is 12.3. The molecule has 21 heavy (non-hydrogen) atoms. The number of aryl methyl sites for hydroxylation is 2. The molecular formula is C15H17ClN2O2S. The average Bonchev–Trinajstić information content (AvgIpc) is 2.43. The minimum absolute atomic E-state index is 0.119. The molecule has 0 bridgehead atoms. The summed E-state index contributed by atoms with van der Waals surface area (Å²) in [5, 5.41) is 0.382. The molecule has 112 valence electrons. The Bertz CT molecular complexity index is 733. The second-order valence-electron chi connectivity index (χ2n) is 4.95. The van der Waals surface area contributed by atoms with Gasteiger partial charge in [0.15, 0.2) is 0 Å². The van der Waals surface area contributed by atoms with Gasteiger partial charge in [0.25, 0.3) is 0 Å². The van der Waals surface area contributed by atoms with Crippen molar-refractivity contribution >= 4 is 27.3 Å². The van der Waals surface area contributed by atoms with Gasteiger partial charge in [-0.3, -0.25) is 0 Å². The molecule has 4 nitrogen and oxygen atoms in total. The Morgan fingerprint density at radius 1 is 1.14 bits per heavy atom. The van der Waals surface area contributed by atoms with Gasteiger partial charge >= 0.3 is 0 Å². The quantitative estimate of drug-likeness (QED) is 0.849. The summed E-state index contributed by atoms with van der Waals surface area (Å²) >= 11 is 5.95. The monoisotopic (exact) mass is 324 g/mol. The molecular weight excluding hydrogens is 308 g/mol. The Morgan fingerprint density at radius 2 is 1.76 bits per heavy atom. The van der Waals surface area contributed by atoms with Crippen LogP contribution >= 0.6 is 11.6 Å². The first-order valence-corrected chi connectivity index (χ1v) is 8.26. The maximum Gasteiger partial charge on any atom is 0.240 e. The molecule has 6 heteroatoms. The second-order valence-corrected chi connectivity index (χ2v) is 7.10. The lowest BCUT2D eigenvalue weighted by Crippen LogP contribution is -2.23. The fraction of sp³-hybridized carbons (Fsp3) is 0.200. The molecule has 0 saturated heterocycles. The van der Waals surface area contributed by atoms with Crippen molar-refractivity contribution in [3.05, 3.63) is 58.1 Å². The number of hydrogen-bond acceptors (Lipinski definition) is 3. The van der Waals surface area contributed by atoms with Crippen molar-refractivity contribution < 1.29 is 8.42 Å². The van der Waals surface area contributed by atoms with E-state index in [-0.39, 0.29) is 17.1 Å². The minimum Gasteiger partial charge on any atom is -0.397 e. The summed E-state index contributed by atoms with van der Waals surface area (Å²) in [6, 6.07) is 10.5. The van der Waals surface area contributed by atoms with Crippen LogP contribution in [0, 0.1) is 13.8 Å². The van der Waals surface area contributed by atoms with Gasteiger partial charge in [-0.1, -0.05) is 41.4 Å². The Kier molecular flexibility index (Phi) is 4.56. The van der Waals surface area contributed by atoms with Crippen molar-refractivity contribution in [3.63, 3.8) is 0 Å². The lowest BCUT2D eigenvalue weighted by Gasteiger charge is -2.10. The number of hydrogen-bond donors (Lipinski definition) is 2. The topological polar surface area (TPSA) is 72.2 Å². The summed E-state index contributed by atoms with van der Waals surface area (Å²) in [5.74, 6) is 0. The van der Waals surface area contributed by atoms with Crippen molar-refractivity contribution in [3.8, 4) is 0 Å². The van der Waals surface area contributed by atoms with E-state index in [9.17, 15) is 8.42 Å². The van der Waals surface area contributed by atoms with E-state index in [0.717, 1.165) is 11.1 Å². The van der Waals surface area contributed by atoms with Crippen LogP contribution in [-0.4, -0.2) is 8.42 Å². The standard InChI is InChI=1S/C15H17ClN2O2S/c1-10-3-5-12(6-4-10)9-18-21(19,20)13-7-11(2)15(16)14(17)8-13/h3-8,18H,9,17H2,1-2H3. The van der Waals surface area contributed by atoms with E-state index >= 15 is 0 Å². The summed E-state index contributed by atoms with van der Waals surface area (Å²) in [7, 11) is -3.62. The van der Waals surface area contributed by atoms with Crippen LogP contribution in [0.1, 0.15) is 16.7 Å². The SMILES string of the molecule is Cc1ccc(CNS(=O)(=O)c2cc(C)c(Cl)c(N)c2)cc1. The molecule has 0 aliphatic heterocycles. The van der Waals surface area contributed by atoms with E-state index in [1.165, 1.54) is 12.1 Å². The van der Waals surface area contributed by atoms with Crippen LogP contribution in [-0.2, 0) is 16.6 Å². The first-order valence-electron chi connectivity index (χ1n) is 6.40. The predicted molar refractivity (Wildman–Crippen MR) is 85.8 cm³/mol. The Balaban J connectivity index is 2.20. The number of anilines is 1. The van der Waals surface area contributed by atoms with Crippen LogP contribution < -0.4 is 10.5 Å². The van der Waals surface area contributed by atoms with Gasteiger partial charge in [0.2, 0.25) is 10.0 Å². The van der Waals surface area contributed by atoms with Crippen molar-refractivity contribution in [1.82, 2.24) is 4.72 Å². The highest BCUT2D eigenvalue weighted by molar-refractivity contribution is 7.89. The molecule has 0 heterocycles. The molecule has 0 spiro atoms. The third-order valence-corrected chi connectivity index (χ3v) is 5.05. The van der Waals surface area contributed by atoms with Crippen LogP contribution in [0.5, 0.6) is 0 Å². The Labute approximate surface area is 130 Å². The number of rotatable bonds is 4. The summed E-state index contributed by atoms with van der Waals surface area (Å²) < 4.78 is 27.1. The zero-order valence-corrected chi connectivity index (χ0v) is 13.4. The third kappa shape index (κ3) is 3.75. The van der Waals surface area contributed by atoms with Crippen molar-refractivity contribution in [2.24, 2.45) is 0 Å². The zero-order valence-electron chi connectivity index (χ0n) is 11.9. The van der Waals surface area contributed by atoms with E-state index in [4.69, 9.17) is 17.3 Å². The van der Waals surface area contributed by atoms with E-state index < -0.39 is 10.0 Å². The molecule has 0 amide bonds. The highest BCUT2D eigenvalue weighted by Gasteiger charge is 2.16. The molecule has 0 saturated carbocycles. The number of benzene rings is 2. The molecule has 3 N–H and O–H groups in total. The van der Waals surface area contributed by atoms with Gasteiger partial charge in [-0.25, -0.2) is 13.1 Å². The lowest BCUT2D eigenvalue weighted by molar-refractivity contribution is 0.581. The molecule has 0 unspecified atom stereocenters. The zero-order chi connectivity index (χ0) is 15.6. The highest BCUT2D eigenvalue weighted by Crippen LogP contribution is 2.26. The van der Waals surface area contributed by atoms with E-state index in [2.05, 4.69) is 4.72 Å². The number of sulfonamides is 1. The van der Waals surface area contributed by atoms with Gasteiger partial charge in [-0.05, 0) is 37.1 Å². The Morgan fingerprint density at radius 3 is 2.33 bits per heavy atom. The van der Waals surface area contributed by atoms with Crippen molar-refractivity contribution in [2.45, 2.75) is 25.3 Å². The smallest absolute Gasteiger partial charge is 0.240 e. The van der Waals surface area contributed by atoms with Gasteiger partial charge in [-0.15, -0.1) is 0 Å².